The van der Waals surface area contributed by atoms with Crippen molar-refractivity contribution in [1.82, 2.24) is 0 Å². The Kier molecular flexibility index (Phi) is 4.14. The monoisotopic (exact) mass is 416 g/mol. The molecule has 0 unspecified atom stereocenters. The molecule has 0 fully saturated rings. The van der Waals surface area contributed by atoms with Gasteiger partial charge in [0, 0.05) is 7.11 Å². The highest BCUT2D eigenvalue weighted by atomic mass is 28.4. The molecule has 0 saturated carbocycles. The molecule has 31 heavy (non-hydrogen) atoms. The SMILES string of the molecule is C=C[Si](OC)(c1cccc2c1Cc1ccccc1-2)c1cccc2c1Cc1ccccc1-2. The zero-order valence-corrected chi connectivity index (χ0v) is 18.7. The lowest BCUT2D eigenvalue weighted by molar-refractivity contribution is 0.425. The molecule has 2 aliphatic rings. The quantitative estimate of drug-likeness (QED) is 0.356. The van der Waals surface area contributed by atoms with Crippen LogP contribution in [0.2, 0.25) is 0 Å². The van der Waals surface area contributed by atoms with E-state index in [9.17, 15) is 0 Å². The molecule has 0 N–H and O–H groups in total. The molecular weight excluding hydrogens is 392 g/mol. The van der Waals surface area contributed by atoms with Gasteiger partial charge in [0.15, 0.2) is 0 Å². The Hall–Kier alpha value is -3.20. The van der Waals surface area contributed by atoms with Crippen molar-refractivity contribution in [2.24, 2.45) is 0 Å². The smallest absolute Gasteiger partial charge is 0.280 e. The largest absolute Gasteiger partial charge is 0.408 e. The summed E-state index contributed by atoms with van der Waals surface area (Å²) in [4.78, 5) is 0. The minimum atomic E-state index is -2.62. The molecule has 6 rings (SSSR count). The van der Waals surface area contributed by atoms with E-state index in [1.807, 2.05) is 7.11 Å². The van der Waals surface area contributed by atoms with Gasteiger partial charge >= 0.3 is 0 Å². The third-order valence-corrected chi connectivity index (χ3v) is 10.9. The second-order valence-electron chi connectivity index (χ2n) is 8.48. The van der Waals surface area contributed by atoms with Gasteiger partial charge in [0.05, 0.1) is 0 Å². The summed E-state index contributed by atoms with van der Waals surface area (Å²) in [5.74, 6) is 0. The number of hydrogen-bond acceptors (Lipinski definition) is 1. The van der Waals surface area contributed by atoms with Crippen LogP contribution in [0.4, 0.5) is 0 Å². The molecule has 4 aromatic carbocycles. The van der Waals surface area contributed by atoms with E-state index in [4.69, 9.17) is 4.43 Å². The molecule has 2 heteroatoms. The topological polar surface area (TPSA) is 9.23 Å². The predicted molar refractivity (Wildman–Crippen MR) is 132 cm³/mol. The average Bonchev–Trinajstić information content (AvgIpc) is 3.39. The van der Waals surface area contributed by atoms with Crippen molar-refractivity contribution in [1.29, 1.82) is 0 Å². The second-order valence-corrected chi connectivity index (χ2v) is 11.8. The number of benzene rings is 4. The van der Waals surface area contributed by atoms with Crippen molar-refractivity contribution in [2.45, 2.75) is 12.8 Å². The average molecular weight is 417 g/mol. The van der Waals surface area contributed by atoms with Gasteiger partial charge in [-0.25, -0.2) is 0 Å². The molecule has 0 spiro atoms. The molecular formula is C29H24OSi. The molecule has 1 nitrogen and oxygen atoms in total. The van der Waals surface area contributed by atoms with E-state index in [1.165, 1.54) is 54.9 Å². The lowest BCUT2D eigenvalue weighted by Gasteiger charge is -2.31. The van der Waals surface area contributed by atoms with Crippen molar-refractivity contribution < 1.29 is 4.43 Å². The molecule has 4 aromatic rings. The van der Waals surface area contributed by atoms with Gasteiger partial charge in [-0.3, -0.25) is 0 Å². The van der Waals surface area contributed by atoms with Gasteiger partial charge in [0.1, 0.15) is 0 Å². The van der Waals surface area contributed by atoms with Crippen molar-refractivity contribution >= 4 is 18.7 Å². The van der Waals surface area contributed by atoms with E-state index in [0.29, 0.717) is 0 Å². The lowest BCUT2D eigenvalue weighted by Crippen LogP contribution is -2.61. The summed E-state index contributed by atoms with van der Waals surface area (Å²) < 4.78 is 6.53. The van der Waals surface area contributed by atoms with Gasteiger partial charge in [-0.1, -0.05) is 90.6 Å². The first kappa shape index (κ1) is 18.6. The summed E-state index contributed by atoms with van der Waals surface area (Å²) in [6, 6.07) is 31.0. The van der Waals surface area contributed by atoms with Crippen LogP contribution in [0.3, 0.4) is 0 Å². The Labute approximate surface area is 184 Å². The maximum Gasteiger partial charge on any atom is 0.280 e. The van der Waals surface area contributed by atoms with Crippen LogP contribution < -0.4 is 10.4 Å². The van der Waals surface area contributed by atoms with E-state index in [0.717, 1.165) is 12.8 Å². The van der Waals surface area contributed by atoms with Crippen LogP contribution in [0.15, 0.2) is 97.2 Å². The molecule has 2 aliphatic carbocycles. The van der Waals surface area contributed by atoms with Gasteiger partial charge in [-0.05, 0) is 67.7 Å². The number of hydrogen-bond donors (Lipinski definition) is 0. The van der Waals surface area contributed by atoms with Crippen molar-refractivity contribution in [3.8, 4) is 22.3 Å². The van der Waals surface area contributed by atoms with E-state index >= 15 is 0 Å². The Balaban J connectivity index is 1.59. The van der Waals surface area contributed by atoms with Gasteiger partial charge in [0.2, 0.25) is 0 Å². The molecule has 0 aliphatic heterocycles. The van der Waals surface area contributed by atoms with Crippen LogP contribution in [-0.2, 0) is 17.3 Å². The zero-order chi connectivity index (χ0) is 21.0. The minimum Gasteiger partial charge on any atom is -0.408 e. The lowest BCUT2D eigenvalue weighted by atomic mass is 10.1. The van der Waals surface area contributed by atoms with Crippen molar-refractivity contribution in [2.75, 3.05) is 7.11 Å². The third-order valence-electron chi connectivity index (χ3n) is 7.11. The molecule has 150 valence electrons. The highest BCUT2D eigenvalue weighted by Gasteiger charge is 2.42. The van der Waals surface area contributed by atoms with Crippen molar-refractivity contribution in [3.05, 3.63) is 119 Å². The summed E-state index contributed by atoms with van der Waals surface area (Å²) in [5, 5.41) is 2.67. The van der Waals surface area contributed by atoms with Crippen LogP contribution >= 0.6 is 0 Å². The van der Waals surface area contributed by atoms with E-state index in [1.54, 1.807) is 0 Å². The Morgan fingerprint density at radius 1 is 0.645 bits per heavy atom. The normalized spacial score (nSPS) is 13.3. The first-order valence-corrected chi connectivity index (χ1v) is 12.9. The van der Waals surface area contributed by atoms with Crippen LogP contribution in [0.1, 0.15) is 22.3 Å². The molecule has 0 amide bonds. The minimum absolute atomic E-state index is 0.961. The van der Waals surface area contributed by atoms with Gasteiger partial charge in [-0.2, -0.15) is 0 Å². The first-order valence-electron chi connectivity index (χ1n) is 10.9. The molecule has 0 radical (unpaired) electrons. The fourth-order valence-corrected chi connectivity index (χ4v) is 9.05. The molecule has 0 atom stereocenters. The molecule has 0 aromatic heterocycles. The predicted octanol–water partition coefficient (Wildman–Crippen LogP) is 5.26. The summed E-state index contributed by atoms with van der Waals surface area (Å²) in [7, 11) is -0.752. The zero-order valence-electron chi connectivity index (χ0n) is 17.7. The number of fused-ring (bicyclic) bond motifs is 6. The fraction of sp³-hybridized carbons (Fsp3) is 0.103. The summed E-state index contributed by atoms with van der Waals surface area (Å²) in [5.41, 5.74) is 13.2. The third kappa shape index (κ3) is 2.52. The standard InChI is InChI=1S/C29H24OSi/c1-3-31(30-2,28-16-8-14-24-22-12-6-4-10-20(22)18-26(24)28)29-17-9-15-25-23-13-7-5-11-21(23)19-27(25)29/h3-17H,1,18-19H2,2H3. The van der Waals surface area contributed by atoms with Crippen LogP contribution in [-0.4, -0.2) is 15.4 Å². The molecule has 0 heterocycles. The Bertz CT molecular complexity index is 1250. The first-order chi connectivity index (χ1) is 15.3. The fourth-order valence-electron chi connectivity index (χ4n) is 5.68. The summed E-state index contributed by atoms with van der Waals surface area (Å²) in [6.07, 6.45) is 1.92. The molecule has 0 bridgehead atoms. The van der Waals surface area contributed by atoms with Gasteiger partial charge in [0.25, 0.3) is 8.32 Å². The Morgan fingerprint density at radius 3 is 1.55 bits per heavy atom. The number of rotatable bonds is 4. The Morgan fingerprint density at radius 2 is 1.10 bits per heavy atom. The van der Waals surface area contributed by atoms with E-state index in [2.05, 4.69) is 97.2 Å². The van der Waals surface area contributed by atoms with Crippen molar-refractivity contribution in [3.63, 3.8) is 0 Å². The van der Waals surface area contributed by atoms with Gasteiger partial charge in [-0.15, -0.1) is 6.58 Å². The summed E-state index contributed by atoms with van der Waals surface area (Å²) >= 11 is 0. The highest BCUT2D eigenvalue weighted by Crippen LogP contribution is 2.38. The van der Waals surface area contributed by atoms with Crippen LogP contribution in [0.25, 0.3) is 22.3 Å². The van der Waals surface area contributed by atoms with E-state index in [-0.39, 0.29) is 0 Å². The molecule has 0 saturated heterocycles. The summed E-state index contributed by atoms with van der Waals surface area (Å²) in [6.45, 7) is 4.34. The van der Waals surface area contributed by atoms with Crippen LogP contribution in [0.5, 0.6) is 0 Å². The van der Waals surface area contributed by atoms with Gasteiger partial charge < -0.3 is 4.43 Å². The second kappa shape index (κ2) is 6.91. The maximum atomic E-state index is 6.53. The maximum absolute atomic E-state index is 6.53. The highest BCUT2D eigenvalue weighted by molar-refractivity contribution is 7.01. The van der Waals surface area contributed by atoms with Crippen LogP contribution in [0, 0.1) is 0 Å². The van der Waals surface area contributed by atoms with E-state index < -0.39 is 8.32 Å².